The zero-order valence-electron chi connectivity index (χ0n) is 7.85. The lowest BCUT2D eigenvalue weighted by molar-refractivity contribution is 0.390. The third kappa shape index (κ3) is 3.81. The van der Waals surface area contributed by atoms with E-state index in [0.717, 1.165) is 24.3 Å². The van der Waals surface area contributed by atoms with Crippen molar-refractivity contribution in [3.8, 4) is 0 Å². The van der Waals surface area contributed by atoms with Crippen LogP contribution in [0.25, 0.3) is 0 Å². The molecule has 64 valence electrons. The fraction of sp³-hybridized carbons (Fsp3) is 0.667. The maximum Gasteiger partial charge on any atom is 0.133 e. The summed E-state index contributed by atoms with van der Waals surface area (Å²) in [6.45, 7) is 8.04. The predicted molar refractivity (Wildman–Crippen MR) is 46.6 cm³/mol. The van der Waals surface area contributed by atoms with Crippen LogP contribution in [-0.2, 0) is 6.42 Å². The molecule has 0 saturated carbocycles. The summed E-state index contributed by atoms with van der Waals surface area (Å²) in [7, 11) is 0. The van der Waals surface area contributed by atoms with Crippen LogP contribution in [0, 0.1) is 6.92 Å². The van der Waals surface area contributed by atoms with Gasteiger partial charge < -0.3 is 4.52 Å². The molecule has 0 atom stereocenters. The van der Waals surface area contributed by atoms with Gasteiger partial charge in [0.1, 0.15) is 5.76 Å². The van der Waals surface area contributed by atoms with Crippen molar-refractivity contribution in [2.24, 2.45) is 0 Å². The average Bonchev–Trinajstić information content (AvgIpc) is 2.41. The molecule has 0 bridgehead atoms. The minimum absolute atomic E-state index is 0.901. The second-order valence-corrected chi connectivity index (χ2v) is 2.18. The molecule has 11 heavy (non-hydrogen) atoms. The summed E-state index contributed by atoms with van der Waals surface area (Å²) in [5.41, 5.74) is 1.06. The third-order valence-electron chi connectivity index (χ3n) is 1.18. The van der Waals surface area contributed by atoms with E-state index in [1.807, 2.05) is 26.8 Å². The molecule has 1 aromatic heterocycles. The van der Waals surface area contributed by atoms with Crippen molar-refractivity contribution in [2.45, 2.75) is 40.5 Å². The molecule has 0 N–H and O–H groups in total. The van der Waals surface area contributed by atoms with Crippen LogP contribution in [0.15, 0.2) is 10.6 Å². The van der Waals surface area contributed by atoms with Gasteiger partial charge >= 0.3 is 0 Å². The summed E-state index contributed by atoms with van der Waals surface area (Å²) >= 11 is 0. The van der Waals surface area contributed by atoms with Gasteiger partial charge in [0.15, 0.2) is 0 Å². The van der Waals surface area contributed by atoms with Gasteiger partial charge in [0, 0.05) is 6.07 Å². The smallest absolute Gasteiger partial charge is 0.133 e. The minimum Gasteiger partial charge on any atom is -0.361 e. The van der Waals surface area contributed by atoms with Crippen LogP contribution in [0.2, 0.25) is 0 Å². The molecule has 0 aromatic carbocycles. The maximum atomic E-state index is 4.87. The standard InChI is InChI=1S/C7H11NO.C2H6/c1-3-4-7-5-6(2)9-8-7;1-2/h5H,3-4H2,1-2H3;1-2H3. The molecule has 0 saturated heterocycles. The number of aryl methyl sites for hydroxylation is 2. The Morgan fingerprint density at radius 2 is 2.09 bits per heavy atom. The Labute approximate surface area is 68.6 Å². The predicted octanol–water partition coefficient (Wildman–Crippen LogP) is 2.96. The molecular formula is C9H17NO. The number of hydrogen-bond acceptors (Lipinski definition) is 2. The Bertz CT molecular complexity index is 181. The van der Waals surface area contributed by atoms with Gasteiger partial charge in [-0.15, -0.1) is 0 Å². The van der Waals surface area contributed by atoms with Crippen LogP contribution in [0.3, 0.4) is 0 Å². The van der Waals surface area contributed by atoms with Crippen molar-refractivity contribution in [1.29, 1.82) is 0 Å². The van der Waals surface area contributed by atoms with Crippen LogP contribution in [0.1, 0.15) is 38.6 Å². The summed E-state index contributed by atoms with van der Waals surface area (Å²) in [6, 6.07) is 1.98. The van der Waals surface area contributed by atoms with Gasteiger partial charge in [0.25, 0.3) is 0 Å². The number of nitrogens with zero attached hydrogens (tertiary/aromatic N) is 1. The highest BCUT2D eigenvalue weighted by molar-refractivity contribution is 5.02. The molecule has 0 unspecified atom stereocenters. The van der Waals surface area contributed by atoms with E-state index in [0.29, 0.717) is 0 Å². The summed E-state index contributed by atoms with van der Waals surface area (Å²) in [5.74, 6) is 0.901. The Balaban J connectivity index is 0.000000461. The highest BCUT2D eigenvalue weighted by Crippen LogP contribution is 2.02. The van der Waals surface area contributed by atoms with Gasteiger partial charge in [0.2, 0.25) is 0 Å². The maximum absolute atomic E-state index is 4.87. The largest absolute Gasteiger partial charge is 0.361 e. The molecule has 0 amide bonds. The van der Waals surface area contributed by atoms with Crippen molar-refractivity contribution in [3.63, 3.8) is 0 Å². The van der Waals surface area contributed by atoms with Crippen molar-refractivity contribution < 1.29 is 4.52 Å². The SMILES string of the molecule is CC.CCCc1cc(C)on1. The molecule has 1 aromatic rings. The van der Waals surface area contributed by atoms with Crippen molar-refractivity contribution >= 4 is 0 Å². The fourth-order valence-corrected chi connectivity index (χ4v) is 0.792. The van der Waals surface area contributed by atoms with Crippen LogP contribution in [0.5, 0.6) is 0 Å². The Hall–Kier alpha value is -0.790. The molecule has 0 fully saturated rings. The third-order valence-corrected chi connectivity index (χ3v) is 1.18. The van der Waals surface area contributed by atoms with E-state index >= 15 is 0 Å². The van der Waals surface area contributed by atoms with E-state index in [2.05, 4.69) is 12.1 Å². The first kappa shape index (κ1) is 10.2. The lowest BCUT2D eigenvalue weighted by Gasteiger charge is -1.82. The quantitative estimate of drug-likeness (QED) is 0.656. The van der Waals surface area contributed by atoms with E-state index in [9.17, 15) is 0 Å². The van der Waals surface area contributed by atoms with Gasteiger partial charge in [0.05, 0.1) is 5.69 Å². The zero-order valence-corrected chi connectivity index (χ0v) is 7.85. The Morgan fingerprint density at radius 3 is 2.45 bits per heavy atom. The lowest BCUT2D eigenvalue weighted by Crippen LogP contribution is -1.79. The summed E-state index contributed by atoms with van der Waals surface area (Å²) in [6.07, 6.45) is 2.16. The normalized spacial score (nSPS) is 8.73. The first-order chi connectivity index (χ1) is 5.33. The van der Waals surface area contributed by atoms with Gasteiger partial charge in [-0.3, -0.25) is 0 Å². The first-order valence-electron chi connectivity index (χ1n) is 4.25. The molecule has 1 heterocycles. The summed E-state index contributed by atoms with van der Waals surface area (Å²) in [4.78, 5) is 0. The van der Waals surface area contributed by atoms with E-state index < -0.39 is 0 Å². The Morgan fingerprint density at radius 1 is 1.45 bits per heavy atom. The molecule has 2 nitrogen and oxygen atoms in total. The monoisotopic (exact) mass is 155 g/mol. The lowest BCUT2D eigenvalue weighted by atomic mass is 10.2. The first-order valence-corrected chi connectivity index (χ1v) is 4.25. The highest BCUT2D eigenvalue weighted by atomic mass is 16.5. The number of rotatable bonds is 2. The Kier molecular flexibility index (Phi) is 5.53. The molecule has 2 heteroatoms. The van der Waals surface area contributed by atoms with Crippen LogP contribution >= 0.6 is 0 Å². The molecule has 0 aliphatic rings. The van der Waals surface area contributed by atoms with Crippen molar-refractivity contribution in [1.82, 2.24) is 5.16 Å². The molecule has 0 radical (unpaired) electrons. The van der Waals surface area contributed by atoms with Gasteiger partial charge in [-0.1, -0.05) is 32.3 Å². The van der Waals surface area contributed by atoms with Gasteiger partial charge in [-0.25, -0.2) is 0 Å². The minimum atomic E-state index is 0.901. The molecular weight excluding hydrogens is 138 g/mol. The molecule has 1 rings (SSSR count). The fourth-order valence-electron chi connectivity index (χ4n) is 0.792. The summed E-state index contributed by atoms with van der Waals surface area (Å²) < 4.78 is 4.87. The second kappa shape index (κ2) is 5.96. The van der Waals surface area contributed by atoms with E-state index in [1.165, 1.54) is 0 Å². The average molecular weight is 155 g/mol. The van der Waals surface area contributed by atoms with E-state index in [1.54, 1.807) is 0 Å². The van der Waals surface area contributed by atoms with Crippen LogP contribution in [-0.4, -0.2) is 5.16 Å². The van der Waals surface area contributed by atoms with Crippen LogP contribution in [0.4, 0.5) is 0 Å². The second-order valence-electron chi connectivity index (χ2n) is 2.18. The highest BCUT2D eigenvalue weighted by Gasteiger charge is 1.95. The van der Waals surface area contributed by atoms with Crippen LogP contribution < -0.4 is 0 Å². The molecule has 0 aliphatic carbocycles. The van der Waals surface area contributed by atoms with E-state index in [4.69, 9.17) is 4.52 Å². The van der Waals surface area contributed by atoms with E-state index in [-0.39, 0.29) is 0 Å². The van der Waals surface area contributed by atoms with Crippen molar-refractivity contribution in [3.05, 3.63) is 17.5 Å². The summed E-state index contributed by atoms with van der Waals surface area (Å²) in [5, 5.41) is 3.83. The molecule has 0 spiro atoms. The molecule has 0 aliphatic heterocycles. The number of hydrogen-bond donors (Lipinski definition) is 0. The van der Waals surface area contributed by atoms with Gasteiger partial charge in [-0.2, -0.15) is 0 Å². The number of aromatic nitrogens is 1. The zero-order chi connectivity index (χ0) is 8.69. The van der Waals surface area contributed by atoms with Crippen molar-refractivity contribution in [2.75, 3.05) is 0 Å². The van der Waals surface area contributed by atoms with Gasteiger partial charge in [-0.05, 0) is 13.3 Å². The topological polar surface area (TPSA) is 26.0 Å².